The first-order valence-corrected chi connectivity index (χ1v) is 17.1. The molecule has 6 N–H and O–H groups in total. The molecule has 0 spiro atoms. The number of carbonyl (C=O) groups is 5. The number of rotatable bonds is 20. The predicted octanol–water partition coefficient (Wildman–Crippen LogP) is 1.54. The molecular weight excluding hydrogens is 602 g/mol. The van der Waals surface area contributed by atoms with E-state index in [-0.39, 0.29) is 47.1 Å². The van der Waals surface area contributed by atoms with Crippen LogP contribution in [0.5, 0.6) is 0 Å². The van der Waals surface area contributed by atoms with Crippen molar-refractivity contribution in [3.8, 4) is 0 Å². The lowest BCUT2D eigenvalue weighted by Gasteiger charge is -2.29. The summed E-state index contributed by atoms with van der Waals surface area (Å²) in [6.45, 7) is 15.9. The van der Waals surface area contributed by atoms with E-state index in [0.717, 1.165) is 12.8 Å². The van der Waals surface area contributed by atoms with Crippen molar-refractivity contribution in [1.29, 1.82) is 0 Å². The van der Waals surface area contributed by atoms with E-state index < -0.39 is 36.0 Å². The Morgan fingerprint density at radius 3 is 2.00 bits per heavy atom. The standard InChI is InChI=1S/C34H57N7O6/c1-9-22(7)29(40-31(43)25-13-15-41(47)16-14-25)34(46)38-27(18-24-11-12-24)32(44)37-26(17-20(3)4)19-36-23(8)30(42)39-28(21(5)6)33(45)35-10-2/h13-16,20-24,26-29,36H,9-12,17-19H2,1-8H3,(H,35,45)(H,37,44)(H,38,46)(H,39,42)(H,40,43)/t22-,23-,26-,27-,28-,29-/m0/s1. The molecule has 1 aliphatic rings. The molecule has 13 nitrogen and oxygen atoms in total. The zero-order chi connectivity index (χ0) is 35.3. The fourth-order valence-corrected chi connectivity index (χ4v) is 5.24. The van der Waals surface area contributed by atoms with Crippen molar-refractivity contribution in [3.05, 3.63) is 35.3 Å². The van der Waals surface area contributed by atoms with Crippen molar-refractivity contribution in [1.82, 2.24) is 31.9 Å². The second-order valence-electron chi connectivity index (χ2n) is 13.6. The summed E-state index contributed by atoms with van der Waals surface area (Å²) < 4.78 is 0.574. The van der Waals surface area contributed by atoms with Gasteiger partial charge in [0.15, 0.2) is 12.4 Å². The van der Waals surface area contributed by atoms with Crippen LogP contribution in [0.15, 0.2) is 24.5 Å². The van der Waals surface area contributed by atoms with Crippen molar-refractivity contribution in [2.24, 2.45) is 23.7 Å². The highest BCUT2D eigenvalue weighted by Gasteiger charge is 2.35. The van der Waals surface area contributed by atoms with Crippen molar-refractivity contribution in [2.45, 2.75) is 118 Å². The summed E-state index contributed by atoms with van der Waals surface area (Å²) in [4.78, 5) is 65.7. The number of aromatic nitrogens is 1. The molecule has 2 rings (SSSR count). The van der Waals surface area contributed by atoms with Crippen LogP contribution in [0.2, 0.25) is 0 Å². The van der Waals surface area contributed by atoms with Gasteiger partial charge in [-0.15, -0.1) is 0 Å². The Kier molecular flexibility index (Phi) is 16.1. The molecule has 0 unspecified atom stereocenters. The Balaban J connectivity index is 2.11. The molecule has 1 aliphatic carbocycles. The van der Waals surface area contributed by atoms with Gasteiger partial charge in [-0.1, -0.05) is 60.8 Å². The molecule has 1 saturated carbocycles. The number of amides is 5. The summed E-state index contributed by atoms with van der Waals surface area (Å²) in [5.74, 6) is -1.54. The molecule has 1 fully saturated rings. The van der Waals surface area contributed by atoms with Crippen LogP contribution in [0.4, 0.5) is 0 Å². The number of nitrogens with zero attached hydrogens (tertiary/aromatic N) is 1. The van der Waals surface area contributed by atoms with Gasteiger partial charge in [0.1, 0.15) is 18.1 Å². The zero-order valence-corrected chi connectivity index (χ0v) is 29.4. The number of nitrogens with one attached hydrogen (secondary N) is 6. The Bertz CT molecular complexity index is 1190. The van der Waals surface area contributed by atoms with E-state index in [0.29, 0.717) is 43.0 Å². The molecule has 0 radical (unpaired) electrons. The summed E-state index contributed by atoms with van der Waals surface area (Å²) in [5, 5.41) is 29.0. The number of carbonyl (C=O) groups excluding carboxylic acids is 5. The summed E-state index contributed by atoms with van der Waals surface area (Å²) in [7, 11) is 0. The number of pyridine rings is 1. The van der Waals surface area contributed by atoms with Crippen LogP contribution in [0.25, 0.3) is 0 Å². The molecule has 1 aromatic heterocycles. The van der Waals surface area contributed by atoms with Crippen LogP contribution in [0, 0.1) is 28.9 Å². The van der Waals surface area contributed by atoms with E-state index in [9.17, 15) is 29.2 Å². The Labute approximate surface area is 279 Å². The second kappa shape index (κ2) is 19.2. The van der Waals surface area contributed by atoms with Crippen LogP contribution in [-0.2, 0) is 19.2 Å². The average Bonchev–Trinajstić information content (AvgIpc) is 3.84. The maximum absolute atomic E-state index is 13.7. The maximum atomic E-state index is 13.7. The third kappa shape index (κ3) is 13.5. The second-order valence-corrected chi connectivity index (χ2v) is 13.6. The highest BCUT2D eigenvalue weighted by Crippen LogP contribution is 2.33. The highest BCUT2D eigenvalue weighted by molar-refractivity contribution is 5.98. The predicted molar refractivity (Wildman–Crippen MR) is 180 cm³/mol. The third-order valence-electron chi connectivity index (χ3n) is 8.51. The Morgan fingerprint density at radius 2 is 1.47 bits per heavy atom. The van der Waals surface area contributed by atoms with Crippen LogP contribution in [0.1, 0.15) is 97.9 Å². The minimum atomic E-state index is -0.886. The van der Waals surface area contributed by atoms with E-state index in [1.165, 1.54) is 24.5 Å². The van der Waals surface area contributed by atoms with Crippen LogP contribution in [0.3, 0.4) is 0 Å². The molecule has 0 saturated heterocycles. The van der Waals surface area contributed by atoms with E-state index >= 15 is 0 Å². The average molecular weight is 660 g/mol. The number of likely N-dealkylation sites (N-methyl/N-ethyl adjacent to an activating group) is 1. The Morgan fingerprint density at radius 1 is 0.830 bits per heavy atom. The molecule has 0 aliphatic heterocycles. The van der Waals surface area contributed by atoms with E-state index in [1.807, 2.05) is 48.5 Å². The van der Waals surface area contributed by atoms with Crippen LogP contribution in [-0.4, -0.2) is 72.8 Å². The topological polar surface area (TPSA) is 184 Å². The van der Waals surface area contributed by atoms with Gasteiger partial charge in [0.2, 0.25) is 23.6 Å². The van der Waals surface area contributed by atoms with Crippen molar-refractivity contribution >= 4 is 29.5 Å². The molecular formula is C34H57N7O6. The first kappa shape index (κ1) is 39.4. The van der Waals surface area contributed by atoms with Crippen molar-refractivity contribution in [3.63, 3.8) is 0 Å². The van der Waals surface area contributed by atoms with E-state index in [1.54, 1.807) is 6.92 Å². The monoisotopic (exact) mass is 659 g/mol. The summed E-state index contributed by atoms with van der Waals surface area (Å²) in [6, 6.07) is -0.523. The molecule has 5 amide bonds. The molecule has 0 bridgehead atoms. The van der Waals surface area contributed by atoms with Gasteiger partial charge >= 0.3 is 0 Å². The summed E-state index contributed by atoms with van der Waals surface area (Å²) >= 11 is 0. The lowest BCUT2D eigenvalue weighted by molar-refractivity contribution is -0.605. The van der Waals surface area contributed by atoms with E-state index in [2.05, 4.69) is 31.9 Å². The van der Waals surface area contributed by atoms with Crippen molar-refractivity contribution in [2.75, 3.05) is 13.1 Å². The third-order valence-corrected chi connectivity index (χ3v) is 8.51. The molecule has 0 aromatic carbocycles. The van der Waals surface area contributed by atoms with Gasteiger partial charge in [0.05, 0.1) is 11.6 Å². The van der Waals surface area contributed by atoms with Gasteiger partial charge in [0.25, 0.3) is 5.91 Å². The lowest BCUT2D eigenvalue weighted by atomic mass is 9.97. The normalized spacial score (nSPS) is 16.7. The fourth-order valence-electron chi connectivity index (χ4n) is 5.24. The number of hydrogen-bond acceptors (Lipinski definition) is 7. The number of hydrogen-bond donors (Lipinski definition) is 6. The first-order chi connectivity index (χ1) is 22.2. The highest BCUT2D eigenvalue weighted by atomic mass is 16.5. The van der Waals surface area contributed by atoms with Crippen LogP contribution < -0.4 is 36.6 Å². The van der Waals surface area contributed by atoms with Crippen LogP contribution >= 0.6 is 0 Å². The molecule has 1 heterocycles. The minimum Gasteiger partial charge on any atom is -0.619 e. The zero-order valence-electron chi connectivity index (χ0n) is 29.4. The minimum absolute atomic E-state index is 0.0954. The van der Waals surface area contributed by atoms with Gasteiger partial charge in [0, 0.05) is 31.3 Å². The molecule has 1 aromatic rings. The quantitative estimate of drug-likeness (QED) is 0.0906. The van der Waals surface area contributed by atoms with Gasteiger partial charge < -0.3 is 37.1 Å². The Hall–Kier alpha value is -3.74. The van der Waals surface area contributed by atoms with Crippen molar-refractivity contribution < 1.29 is 28.7 Å². The van der Waals surface area contributed by atoms with Gasteiger partial charge in [-0.2, -0.15) is 4.73 Å². The fraction of sp³-hybridized carbons (Fsp3) is 0.706. The van der Waals surface area contributed by atoms with E-state index in [4.69, 9.17) is 0 Å². The molecule has 6 atom stereocenters. The molecule has 13 heteroatoms. The molecule has 47 heavy (non-hydrogen) atoms. The summed E-state index contributed by atoms with van der Waals surface area (Å²) in [5.41, 5.74) is 0.251. The van der Waals surface area contributed by atoms with Gasteiger partial charge in [-0.05, 0) is 50.4 Å². The SMILES string of the molecule is CCNC(=O)[C@@H](NC(=O)[C@H](C)NC[C@H](CC(C)C)NC(=O)[C@H](CC1CC1)NC(=O)[C@@H](NC(=O)c1cc[n+]([O-])cc1)[C@@H](C)CC)C(C)C. The smallest absolute Gasteiger partial charge is 0.252 e. The maximum Gasteiger partial charge on any atom is 0.252 e. The first-order valence-electron chi connectivity index (χ1n) is 17.1. The summed E-state index contributed by atoms with van der Waals surface area (Å²) in [6.07, 6.45) is 6.13. The largest absolute Gasteiger partial charge is 0.619 e. The van der Waals surface area contributed by atoms with Gasteiger partial charge in [-0.3, -0.25) is 24.0 Å². The molecule has 264 valence electrons. The lowest BCUT2D eigenvalue weighted by Crippen LogP contribution is -2.58. The van der Waals surface area contributed by atoms with Gasteiger partial charge in [-0.25, -0.2) is 0 Å².